The Morgan fingerprint density at radius 1 is 0.964 bits per heavy atom. The third-order valence-corrected chi connectivity index (χ3v) is 3.95. The van der Waals surface area contributed by atoms with Gasteiger partial charge in [0, 0.05) is 12.8 Å². The first-order chi connectivity index (χ1) is 13.5. The number of esters is 1. The maximum atomic E-state index is 11.9. The van der Waals surface area contributed by atoms with Gasteiger partial charge < -0.3 is 21.1 Å². The molecule has 28 heavy (non-hydrogen) atoms. The summed E-state index contributed by atoms with van der Waals surface area (Å²) in [6.07, 6.45) is 0.497. The molecule has 2 aromatic carbocycles. The molecule has 0 bridgehead atoms. The fraction of sp³-hybridized carbons (Fsp3) is 0.200. The van der Waals surface area contributed by atoms with Gasteiger partial charge in [-0.15, -0.1) is 0 Å². The van der Waals surface area contributed by atoms with Crippen molar-refractivity contribution in [3.63, 3.8) is 0 Å². The van der Waals surface area contributed by atoms with Crippen LogP contribution in [0.5, 0.6) is 0 Å². The number of carbonyl (C=O) groups is 3. The lowest BCUT2D eigenvalue weighted by Crippen LogP contribution is -2.35. The Morgan fingerprint density at radius 3 is 2.36 bits per heavy atom. The van der Waals surface area contributed by atoms with Gasteiger partial charge in [-0.2, -0.15) is 0 Å². The lowest BCUT2D eigenvalue weighted by molar-refractivity contribution is -0.144. The van der Waals surface area contributed by atoms with Crippen LogP contribution in [-0.2, 0) is 20.7 Å². The molecule has 8 heteroatoms. The number of amides is 2. The first kappa shape index (κ1) is 21.0. The average molecular weight is 399 g/mol. The van der Waals surface area contributed by atoms with E-state index in [1.807, 2.05) is 30.3 Å². The quantitative estimate of drug-likeness (QED) is 0.463. The van der Waals surface area contributed by atoms with Crippen molar-refractivity contribution in [1.29, 1.82) is 0 Å². The summed E-state index contributed by atoms with van der Waals surface area (Å²) >= 11 is 5.05. The van der Waals surface area contributed by atoms with Gasteiger partial charge in [-0.25, -0.2) is 0 Å². The number of hydrogen-bond donors (Lipinski definition) is 3. The minimum Gasteiger partial charge on any atom is -0.465 e. The van der Waals surface area contributed by atoms with Crippen molar-refractivity contribution in [3.05, 3.63) is 65.7 Å². The number of para-hydroxylation sites is 1. The van der Waals surface area contributed by atoms with Crippen molar-refractivity contribution >= 4 is 40.8 Å². The maximum absolute atomic E-state index is 11.9. The van der Waals surface area contributed by atoms with Crippen LogP contribution in [0.3, 0.4) is 0 Å². The Morgan fingerprint density at radius 2 is 1.64 bits per heavy atom. The molecule has 0 radical (unpaired) electrons. The molecule has 2 rings (SSSR count). The van der Waals surface area contributed by atoms with Crippen LogP contribution in [0, 0.1) is 0 Å². The number of benzene rings is 2. The maximum Gasteiger partial charge on any atom is 0.306 e. The first-order valence-corrected chi connectivity index (χ1v) is 9.05. The van der Waals surface area contributed by atoms with Crippen LogP contribution >= 0.6 is 12.2 Å². The van der Waals surface area contributed by atoms with Crippen molar-refractivity contribution in [3.8, 4) is 0 Å². The summed E-state index contributed by atoms with van der Waals surface area (Å²) < 4.78 is 5.12. The smallest absolute Gasteiger partial charge is 0.306 e. The van der Waals surface area contributed by atoms with E-state index in [-0.39, 0.29) is 30.1 Å². The number of thiocarbonyl (C=S) groups is 1. The predicted octanol–water partition coefficient (Wildman–Crippen LogP) is 2.16. The molecular formula is C20H21N3O4S. The molecule has 0 unspecified atom stereocenters. The van der Waals surface area contributed by atoms with Gasteiger partial charge in [0.1, 0.15) is 0 Å². The third-order valence-electron chi connectivity index (χ3n) is 3.75. The van der Waals surface area contributed by atoms with Crippen LogP contribution < -0.4 is 16.4 Å². The van der Waals surface area contributed by atoms with Gasteiger partial charge in [-0.3, -0.25) is 14.4 Å². The molecule has 0 spiro atoms. The van der Waals surface area contributed by atoms with Gasteiger partial charge in [-0.05, 0) is 29.9 Å². The molecule has 0 atom stereocenters. The standard InChI is InChI=1S/C20H21N3O4S/c21-19(26)15-8-4-5-9-16(15)22-20(28)23-17(24)10-11-18(25)27-13-12-14-6-2-1-3-7-14/h1-9H,10-13H2,(H2,21,26)(H2,22,23,24,28). The topological polar surface area (TPSA) is 111 Å². The number of carbonyl (C=O) groups excluding carboxylic acids is 3. The summed E-state index contributed by atoms with van der Waals surface area (Å²) in [7, 11) is 0. The Labute approximate surface area is 168 Å². The second-order valence-corrected chi connectivity index (χ2v) is 6.28. The third kappa shape index (κ3) is 7.16. The number of hydrogen-bond acceptors (Lipinski definition) is 5. The Bertz CT molecular complexity index is 856. The number of ether oxygens (including phenoxy) is 1. The molecule has 146 valence electrons. The number of nitrogens with one attached hydrogen (secondary N) is 2. The fourth-order valence-electron chi connectivity index (χ4n) is 2.36. The normalized spacial score (nSPS) is 10.0. The van der Waals surface area contributed by atoms with Gasteiger partial charge in [0.05, 0.1) is 24.3 Å². The molecule has 4 N–H and O–H groups in total. The Hall–Kier alpha value is -3.26. The molecule has 0 fully saturated rings. The van der Waals surface area contributed by atoms with Crippen molar-refractivity contribution in [2.24, 2.45) is 5.73 Å². The summed E-state index contributed by atoms with van der Waals surface area (Å²) in [5.74, 6) is -1.51. The second-order valence-electron chi connectivity index (χ2n) is 5.87. The van der Waals surface area contributed by atoms with E-state index in [2.05, 4.69) is 10.6 Å². The highest BCUT2D eigenvalue weighted by Gasteiger charge is 2.12. The summed E-state index contributed by atoms with van der Waals surface area (Å²) in [5.41, 5.74) is 7.00. The van der Waals surface area contributed by atoms with Gasteiger partial charge >= 0.3 is 5.97 Å². The first-order valence-electron chi connectivity index (χ1n) is 8.65. The highest BCUT2D eigenvalue weighted by molar-refractivity contribution is 7.80. The SMILES string of the molecule is NC(=O)c1ccccc1NC(=S)NC(=O)CCC(=O)OCCc1ccccc1. The van der Waals surface area contributed by atoms with Crippen LogP contribution in [0.15, 0.2) is 54.6 Å². The summed E-state index contributed by atoms with van der Waals surface area (Å²) in [6, 6.07) is 16.2. The van der Waals surface area contributed by atoms with E-state index in [0.717, 1.165) is 5.56 Å². The molecule has 0 aliphatic rings. The summed E-state index contributed by atoms with van der Waals surface area (Å²) in [5, 5.41) is 5.21. The molecule has 0 aliphatic carbocycles. The van der Waals surface area contributed by atoms with E-state index in [0.29, 0.717) is 12.1 Å². The van der Waals surface area contributed by atoms with E-state index in [1.54, 1.807) is 24.3 Å². The molecule has 2 amide bonds. The minimum atomic E-state index is -0.615. The fourth-order valence-corrected chi connectivity index (χ4v) is 2.59. The van der Waals surface area contributed by atoms with Crippen LogP contribution in [-0.4, -0.2) is 29.5 Å². The van der Waals surface area contributed by atoms with Crippen molar-refractivity contribution in [2.45, 2.75) is 19.3 Å². The van der Waals surface area contributed by atoms with Crippen LogP contribution in [0.1, 0.15) is 28.8 Å². The highest BCUT2D eigenvalue weighted by atomic mass is 32.1. The number of primary amides is 1. The van der Waals surface area contributed by atoms with Gasteiger partial charge in [0.15, 0.2) is 5.11 Å². The minimum absolute atomic E-state index is 0.0103. The van der Waals surface area contributed by atoms with Crippen molar-refractivity contribution < 1.29 is 19.1 Å². The zero-order chi connectivity index (χ0) is 20.4. The van der Waals surface area contributed by atoms with E-state index in [1.165, 1.54) is 0 Å². The zero-order valence-corrected chi connectivity index (χ0v) is 16.0. The summed E-state index contributed by atoms with van der Waals surface area (Å²) in [6.45, 7) is 0.258. The zero-order valence-electron chi connectivity index (χ0n) is 15.1. The second kappa shape index (κ2) is 10.8. The van der Waals surface area contributed by atoms with Gasteiger partial charge in [0.2, 0.25) is 5.91 Å². The molecular weight excluding hydrogens is 378 g/mol. The lowest BCUT2D eigenvalue weighted by atomic mass is 10.1. The van der Waals surface area contributed by atoms with Crippen LogP contribution in [0.25, 0.3) is 0 Å². The monoisotopic (exact) mass is 399 g/mol. The molecule has 0 aromatic heterocycles. The molecule has 0 heterocycles. The number of anilines is 1. The molecule has 2 aromatic rings. The Kier molecular flexibility index (Phi) is 8.11. The molecule has 0 saturated carbocycles. The van der Waals surface area contributed by atoms with Gasteiger partial charge in [-0.1, -0.05) is 42.5 Å². The van der Waals surface area contributed by atoms with Crippen LogP contribution in [0.4, 0.5) is 5.69 Å². The van der Waals surface area contributed by atoms with Crippen molar-refractivity contribution in [2.75, 3.05) is 11.9 Å². The van der Waals surface area contributed by atoms with Crippen molar-refractivity contribution in [1.82, 2.24) is 5.32 Å². The number of rotatable bonds is 8. The molecule has 0 aliphatic heterocycles. The Balaban J connectivity index is 1.69. The van der Waals surface area contributed by atoms with Gasteiger partial charge in [0.25, 0.3) is 5.91 Å². The largest absolute Gasteiger partial charge is 0.465 e. The number of nitrogens with two attached hydrogens (primary N) is 1. The summed E-state index contributed by atoms with van der Waals surface area (Å²) in [4.78, 5) is 35.0. The predicted molar refractivity (Wildman–Crippen MR) is 110 cm³/mol. The van der Waals surface area contributed by atoms with E-state index < -0.39 is 17.8 Å². The molecule has 7 nitrogen and oxygen atoms in total. The van der Waals surface area contributed by atoms with Crippen LogP contribution in [0.2, 0.25) is 0 Å². The van der Waals surface area contributed by atoms with E-state index in [4.69, 9.17) is 22.7 Å². The highest BCUT2D eigenvalue weighted by Crippen LogP contribution is 2.14. The molecule has 0 saturated heterocycles. The van der Waals surface area contributed by atoms with E-state index in [9.17, 15) is 14.4 Å². The van der Waals surface area contributed by atoms with E-state index >= 15 is 0 Å². The lowest BCUT2D eigenvalue weighted by Gasteiger charge is -2.12. The average Bonchev–Trinajstić information content (AvgIpc) is 2.67.